The standard InChI is InChI=1S/C15H21ClO3/c1-10(2)15(3,19)9-12(14(17)18)8-11-6-4-5-7-13(11)16/h4-7,10,12,19H,8-9H2,1-3H3,(H,17,18). The normalized spacial score (nSPS) is 16.1. The summed E-state index contributed by atoms with van der Waals surface area (Å²) in [5, 5.41) is 20.1. The second kappa shape index (κ2) is 6.40. The van der Waals surface area contributed by atoms with Crippen LogP contribution in [0.1, 0.15) is 32.8 Å². The van der Waals surface area contributed by atoms with Gasteiger partial charge in [-0.2, -0.15) is 0 Å². The molecule has 0 bridgehead atoms. The third-order valence-corrected chi connectivity index (χ3v) is 4.05. The highest BCUT2D eigenvalue weighted by molar-refractivity contribution is 6.31. The van der Waals surface area contributed by atoms with E-state index in [1.165, 1.54) is 0 Å². The quantitative estimate of drug-likeness (QED) is 0.842. The van der Waals surface area contributed by atoms with Crippen LogP contribution in [0.4, 0.5) is 0 Å². The molecule has 0 aliphatic carbocycles. The molecule has 19 heavy (non-hydrogen) atoms. The number of hydrogen-bond acceptors (Lipinski definition) is 2. The smallest absolute Gasteiger partial charge is 0.306 e. The maximum atomic E-state index is 11.4. The lowest BCUT2D eigenvalue weighted by Gasteiger charge is -2.30. The van der Waals surface area contributed by atoms with Gasteiger partial charge >= 0.3 is 5.97 Å². The zero-order valence-corrected chi connectivity index (χ0v) is 12.3. The molecule has 0 amide bonds. The van der Waals surface area contributed by atoms with Crippen LogP contribution in [0, 0.1) is 11.8 Å². The molecule has 3 nitrogen and oxygen atoms in total. The number of aliphatic hydroxyl groups is 1. The van der Waals surface area contributed by atoms with Gasteiger partial charge in [-0.15, -0.1) is 0 Å². The summed E-state index contributed by atoms with van der Waals surface area (Å²) < 4.78 is 0. The average Bonchev–Trinajstić information content (AvgIpc) is 2.30. The van der Waals surface area contributed by atoms with E-state index in [2.05, 4.69) is 0 Å². The van der Waals surface area contributed by atoms with Crippen molar-refractivity contribution >= 4 is 17.6 Å². The van der Waals surface area contributed by atoms with Crippen molar-refractivity contribution in [1.82, 2.24) is 0 Å². The van der Waals surface area contributed by atoms with Gasteiger partial charge in [0.15, 0.2) is 0 Å². The number of hydrogen-bond donors (Lipinski definition) is 2. The summed E-state index contributed by atoms with van der Waals surface area (Å²) >= 11 is 6.05. The summed E-state index contributed by atoms with van der Waals surface area (Å²) in [6.07, 6.45) is 0.545. The Hall–Kier alpha value is -1.06. The van der Waals surface area contributed by atoms with Crippen molar-refractivity contribution in [2.75, 3.05) is 0 Å². The molecule has 1 aromatic carbocycles. The van der Waals surface area contributed by atoms with Crippen LogP contribution in [-0.2, 0) is 11.2 Å². The summed E-state index contributed by atoms with van der Waals surface area (Å²) in [5.74, 6) is -1.54. The van der Waals surface area contributed by atoms with Crippen LogP contribution in [-0.4, -0.2) is 21.8 Å². The SMILES string of the molecule is CC(C)C(C)(O)CC(Cc1ccccc1Cl)C(=O)O. The average molecular weight is 285 g/mol. The van der Waals surface area contributed by atoms with Crippen LogP contribution >= 0.6 is 11.6 Å². The topological polar surface area (TPSA) is 57.5 Å². The predicted octanol–water partition coefficient (Wildman–Crippen LogP) is 3.38. The van der Waals surface area contributed by atoms with Crippen molar-refractivity contribution in [2.24, 2.45) is 11.8 Å². The molecule has 0 saturated carbocycles. The molecule has 0 spiro atoms. The molecule has 4 heteroatoms. The van der Waals surface area contributed by atoms with Crippen LogP contribution in [0.5, 0.6) is 0 Å². The molecule has 0 radical (unpaired) electrons. The fourth-order valence-corrected chi connectivity index (χ4v) is 2.12. The van der Waals surface area contributed by atoms with E-state index < -0.39 is 17.5 Å². The Labute approximate surface area is 119 Å². The van der Waals surface area contributed by atoms with Gasteiger partial charge in [0, 0.05) is 5.02 Å². The van der Waals surface area contributed by atoms with E-state index in [4.69, 9.17) is 11.6 Å². The number of rotatable bonds is 6. The van der Waals surface area contributed by atoms with Gasteiger partial charge in [-0.25, -0.2) is 0 Å². The molecule has 0 saturated heterocycles. The van der Waals surface area contributed by atoms with Crippen LogP contribution < -0.4 is 0 Å². The second-order valence-corrected chi connectivity index (χ2v) is 5.95. The maximum absolute atomic E-state index is 11.4. The van der Waals surface area contributed by atoms with Crippen molar-refractivity contribution in [3.63, 3.8) is 0 Å². The van der Waals surface area contributed by atoms with Gasteiger partial charge in [-0.05, 0) is 37.3 Å². The first-order valence-electron chi connectivity index (χ1n) is 6.42. The summed E-state index contributed by atoms with van der Waals surface area (Å²) in [6.45, 7) is 5.45. The largest absolute Gasteiger partial charge is 0.481 e. The lowest BCUT2D eigenvalue weighted by atomic mass is 9.81. The van der Waals surface area contributed by atoms with E-state index >= 15 is 0 Å². The molecular weight excluding hydrogens is 264 g/mol. The molecule has 0 heterocycles. The van der Waals surface area contributed by atoms with Crippen LogP contribution in [0.3, 0.4) is 0 Å². The number of benzene rings is 1. The number of carboxylic acids is 1. The van der Waals surface area contributed by atoms with E-state index in [1.54, 1.807) is 13.0 Å². The van der Waals surface area contributed by atoms with Crippen molar-refractivity contribution in [3.8, 4) is 0 Å². The highest BCUT2D eigenvalue weighted by Crippen LogP contribution is 2.28. The minimum absolute atomic E-state index is 0.000551. The molecule has 0 fully saturated rings. The molecule has 0 aliphatic rings. The fraction of sp³-hybridized carbons (Fsp3) is 0.533. The van der Waals surface area contributed by atoms with Gasteiger partial charge in [0.1, 0.15) is 0 Å². The monoisotopic (exact) mass is 284 g/mol. The Morgan fingerprint density at radius 3 is 2.42 bits per heavy atom. The van der Waals surface area contributed by atoms with Crippen molar-refractivity contribution < 1.29 is 15.0 Å². The Balaban J connectivity index is 2.86. The number of carboxylic acid groups (broad SMARTS) is 1. The van der Waals surface area contributed by atoms with Crippen LogP contribution in [0.15, 0.2) is 24.3 Å². The third kappa shape index (κ3) is 4.51. The minimum atomic E-state index is -0.996. The molecule has 0 aromatic heterocycles. The summed E-state index contributed by atoms with van der Waals surface area (Å²) in [5.41, 5.74) is -0.194. The van der Waals surface area contributed by atoms with Crippen LogP contribution in [0.2, 0.25) is 5.02 Å². The van der Waals surface area contributed by atoms with Gasteiger partial charge in [0.2, 0.25) is 0 Å². The third-order valence-electron chi connectivity index (χ3n) is 3.68. The van der Waals surface area contributed by atoms with Crippen molar-refractivity contribution in [1.29, 1.82) is 0 Å². The van der Waals surface area contributed by atoms with E-state index in [9.17, 15) is 15.0 Å². The fourth-order valence-electron chi connectivity index (χ4n) is 1.91. The molecule has 0 aliphatic heterocycles. The summed E-state index contributed by atoms with van der Waals surface area (Å²) in [6, 6.07) is 7.21. The molecule has 2 N–H and O–H groups in total. The number of carbonyl (C=O) groups is 1. The van der Waals surface area contributed by atoms with Gasteiger partial charge in [-0.3, -0.25) is 4.79 Å². The lowest BCUT2D eigenvalue weighted by molar-refractivity contribution is -0.144. The maximum Gasteiger partial charge on any atom is 0.306 e. The van der Waals surface area contributed by atoms with Gasteiger partial charge in [0.05, 0.1) is 11.5 Å². The molecule has 106 valence electrons. The lowest BCUT2D eigenvalue weighted by Crippen LogP contribution is -2.36. The summed E-state index contributed by atoms with van der Waals surface area (Å²) in [4.78, 5) is 11.4. The Bertz CT molecular complexity index is 441. The second-order valence-electron chi connectivity index (χ2n) is 5.55. The van der Waals surface area contributed by atoms with E-state index in [0.29, 0.717) is 11.4 Å². The molecular formula is C15H21ClO3. The van der Waals surface area contributed by atoms with E-state index in [-0.39, 0.29) is 12.3 Å². The van der Waals surface area contributed by atoms with E-state index in [1.807, 2.05) is 32.0 Å². The number of halogens is 1. The molecule has 2 atom stereocenters. The minimum Gasteiger partial charge on any atom is -0.481 e. The Kier molecular flexibility index (Phi) is 5.39. The molecule has 2 unspecified atom stereocenters. The predicted molar refractivity (Wildman–Crippen MR) is 76.4 cm³/mol. The Morgan fingerprint density at radius 2 is 1.95 bits per heavy atom. The molecule has 1 aromatic rings. The van der Waals surface area contributed by atoms with Crippen molar-refractivity contribution in [3.05, 3.63) is 34.9 Å². The van der Waals surface area contributed by atoms with Crippen LogP contribution in [0.25, 0.3) is 0 Å². The highest BCUT2D eigenvalue weighted by atomic mass is 35.5. The van der Waals surface area contributed by atoms with E-state index in [0.717, 1.165) is 5.56 Å². The number of aliphatic carboxylic acids is 1. The van der Waals surface area contributed by atoms with Crippen molar-refractivity contribution in [2.45, 2.75) is 39.2 Å². The zero-order valence-electron chi connectivity index (χ0n) is 11.6. The first-order valence-corrected chi connectivity index (χ1v) is 6.80. The van der Waals surface area contributed by atoms with Gasteiger partial charge in [0.25, 0.3) is 0 Å². The summed E-state index contributed by atoms with van der Waals surface area (Å²) in [7, 11) is 0. The first-order chi connectivity index (χ1) is 8.74. The first kappa shape index (κ1) is 16.0. The van der Waals surface area contributed by atoms with Gasteiger partial charge in [-0.1, -0.05) is 43.6 Å². The molecule has 1 rings (SSSR count). The Morgan fingerprint density at radius 1 is 1.37 bits per heavy atom. The van der Waals surface area contributed by atoms with Gasteiger partial charge < -0.3 is 10.2 Å². The highest BCUT2D eigenvalue weighted by Gasteiger charge is 2.32. The zero-order chi connectivity index (χ0) is 14.6.